The van der Waals surface area contributed by atoms with Gasteiger partial charge in [0, 0.05) is 11.8 Å². The number of carbonyl (C=O) groups is 1. The Morgan fingerprint density at radius 3 is 2.50 bits per heavy atom. The largest absolute Gasteiger partial charge is 0.472 e. The molecule has 0 spiro atoms. The van der Waals surface area contributed by atoms with E-state index in [9.17, 15) is 4.79 Å². The molecule has 4 rings (SSSR count). The fourth-order valence-electron chi connectivity index (χ4n) is 7.68. The second-order valence-electron chi connectivity index (χ2n) is 9.65. The average Bonchev–Trinajstić information content (AvgIpc) is 2.89. The van der Waals surface area contributed by atoms with Gasteiger partial charge in [-0.15, -0.1) is 0 Å². The Morgan fingerprint density at radius 1 is 0.917 bits per heavy atom. The van der Waals surface area contributed by atoms with Crippen LogP contribution in [0.25, 0.3) is 0 Å². The van der Waals surface area contributed by atoms with E-state index < -0.39 is 5.97 Å². The number of fused-ring (bicyclic) bond motifs is 5. The van der Waals surface area contributed by atoms with Crippen molar-refractivity contribution in [1.29, 1.82) is 0 Å². The number of hydrogen-bond acceptors (Lipinski definition) is 1. The lowest BCUT2D eigenvalue weighted by Crippen LogP contribution is -2.52. The van der Waals surface area contributed by atoms with Gasteiger partial charge in [0.25, 0.3) is 0 Å². The molecule has 0 bridgehead atoms. The van der Waals surface area contributed by atoms with Gasteiger partial charge in [-0.1, -0.05) is 32.6 Å². The molecule has 24 heavy (non-hydrogen) atoms. The molecule has 0 amide bonds. The molecule has 1 unspecified atom stereocenters. The second kappa shape index (κ2) is 5.79. The summed E-state index contributed by atoms with van der Waals surface area (Å²) in [7, 11) is 0. The summed E-state index contributed by atoms with van der Waals surface area (Å²) in [6, 6.07) is 0. The molecular formula is C22H32O2. The van der Waals surface area contributed by atoms with Crippen molar-refractivity contribution in [3.63, 3.8) is 0 Å². The highest BCUT2D eigenvalue weighted by Crippen LogP contribution is 2.67. The van der Waals surface area contributed by atoms with Crippen molar-refractivity contribution >= 4 is 5.97 Å². The highest BCUT2D eigenvalue weighted by molar-refractivity contribution is 5.86. The maximum atomic E-state index is 10.9. The number of rotatable bonds is 0. The summed E-state index contributed by atoms with van der Waals surface area (Å²) in [6.45, 7) is 5.05. The summed E-state index contributed by atoms with van der Waals surface area (Å²) in [5.74, 6) is 8.45. The van der Waals surface area contributed by atoms with E-state index in [1.807, 2.05) is 0 Å². The van der Waals surface area contributed by atoms with Gasteiger partial charge in [0.2, 0.25) is 0 Å². The molecular weight excluding hydrogens is 296 g/mol. The van der Waals surface area contributed by atoms with Gasteiger partial charge < -0.3 is 5.11 Å². The Bertz CT molecular complexity index is 585. The molecule has 0 aromatic carbocycles. The van der Waals surface area contributed by atoms with Gasteiger partial charge in [-0.3, -0.25) is 0 Å². The van der Waals surface area contributed by atoms with Crippen LogP contribution < -0.4 is 0 Å². The maximum Gasteiger partial charge on any atom is 0.381 e. The van der Waals surface area contributed by atoms with Gasteiger partial charge in [0.05, 0.1) is 0 Å². The number of aliphatic carboxylic acids is 1. The molecule has 0 saturated heterocycles. The third kappa shape index (κ3) is 2.34. The molecule has 132 valence electrons. The molecule has 2 nitrogen and oxygen atoms in total. The lowest BCUT2D eigenvalue weighted by Gasteiger charge is -2.60. The Kier molecular flexibility index (Phi) is 3.98. The highest BCUT2D eigenvalue weighted by Gasteiger charge is 2.59. The lowest BCUT2D eigenvalue weighted by atomic mass is 9.45. The molecule has 2 heteroatoms. The second-order valence-corrected chi connectivity index (χ2v) is 9.65. The summed E-state index contributed by atoms with van der Waals surface area (Å²) in [4.78, 5) is 10.9. The molecule has 4 aliphatic carbocycles. The molecule has 0 aromatic rings. The minimum Gasteiger partial charge on any atom is -0.472 e. The standard InChI is InChI=1S/C22H32O2/c1-21-13-4-3-5-15(21)6-9-17-18-10-7-16(8-11-20(23)24)22(18,2)14-12-19(17)21/h15-19H,3-7,9-10,12-14H2,1-2H3,(H,23,24)/t15?,16-,17-,18-,19-,21-,22+/m0/s1. The van der Waals surface area contributed by atoms with Crippen molar-refractivity contribution in [2.75, 3.05) is 0 Å². The number of carboxylic acid groups (broad SMARTS) is 1. The molecule has 0 aromatic heterocycles. The van der Waals surface area contributed by atoms with Crippen molar-refractivity contribution < 1.29 is 9.90 Å². The van der Waals surface area contributed by atoms with Crippen LogP contribution in [0.5, 0.6) is 0 Å². The van der Waals surface area contributed by atoms with Crippen LogP contribution in [0.15, 0.2) is 0 Å². The zero-order valence-electron chi connectivity index (χ0n) is 15.3. The van der Waals surface area contributed by atoms with E-state index in [-0.39, 0.29) is 5.41 Å². The van der Waals surface area contributed by atoms with Gasteiger partial charge in [0.15, 0.2) is 0 Å². The van der Waals surface area contributed by atoms with E-state index in [4.69, 9.17) is 5.11 Å². The number of carboxylic acids is 1. The molecule has 7 atom stereocenters. The van der Waals surface area contributed by atoms with E-state index in [1.54, 1.807) is 0 Å². The van der Waals surface area contributed by atoms with E-state index in [0.29, 0.717) is 11.3 Å². The van der Waals surface area contributed by atoms with E-state index >= 15 is 0 Å². The fourth-order valence-corrected chi connectivity index (χ4v) is 7.68. The minimum atomic E-state index is -0.967. The van der Waals surface area contributed by atoms with Gasteiger partial charge in [0.1, 0.15) is 0 Å². The summed E-state index contributed by atoms with van der Waals surface area (Å²) < 4.78 is 0. The van der Waals surface area contributed by atoms with Gasteiger partial charge in [-0.25, -0.2) is 4.79 Å². The van der Waals surface area contributed by atoms with Crippen molar-refractivity contribution in [2.45, 2.75) is 78.1 Å². The predicted molar refractivity (Wildman–Crippen MR) is 95.2 cm³/mol. The first kappa shape index (κ1) is 16.5. The van der Waals surface area contributed by atoms with Crippen LogP contribution in [-0.2, 0) is 4.79 Å². The third-order valence-electron chi connectivity index (χ3n) is 8.94. The van der Waals surface area contributed by atoms with Crippen LogP contribution in [0, 0.1) is 52.3 Å². The maximum absolute atomic E-state index is 10.9. The summed E-state index contributed by atoms with van der Waals surface area (Å²) in [5.41, 5.74) is 0.856. The first-order valence-electron chi connectivity index (χ1n) is 10.2. The normalized spacial score (nSPS) is 50.0. The minimum absolute atomic E-state index is 0.265. The zero-order chi connectivity index (χ0) is 16.9. The molecule has 4 fully saturated rings. The molecule has 0 radical (unpaired) electrons. The number of hydrogen-bond donors (Lipinski definition) is 1. The fraction of sp³-hybridized carbons (Fsp3) is 0.864. The smallest absolute Gasteiger partial charge is 0.381 e. The van der Waals surface area contributed by atoms with E-state index in [0.717, 1.165) is 30.1 Å². The summed E-state index contributed by atoms with van der Waals surface area (Å²) >= 11 is 0. The summed E-state index contributed by atoms with van der Waals surface area (Å²) in [5, 5.41) is 8.93. The van der Waals surface area contributed by atoms with Crippen LogP contribution >= 0.6 is 0 Å². The van der Waals surface area contributed by atoms with Crippen LogP contribution in [0.1, 0.15) is 78.1 Å². The van der Waals surface area contributed by atoms with Crippen LogP contribution in [0.4, 0.5) is 0 Å². The molecule has 4 saturated carbocycles. The van der Waals surface area contributed by atoms with Gasteiger partial charge >= 0.3 is 5.97 Å². The van der Waals surface area contributed by atoms with Crippen molar-refractivity contribution in [1.82, 2.24) is 0 Å². The first-order valence-corrected chi connectivity index (χ1v) is 10.2. The van der Waals surface area contributed by atoms with Gasteiger partial charge in [-0.05, 0) is 85.9 Å². The first-order chi connectivity index (χ1) is 11.4. The quantitative estimate of drug-likeness (QED) is 0.626. The predicted octanol–water partition coefficient (Wildman–Crippen LogP) is 5.12. The zero-order valence-corrected chi connectivity index (χ0v) is 15.3. The highest BCUT2D eigenvalue weighted by atomic mass is 16.4. The van der Waals surface area contributed by atoms with Crippen LogP contribution in [-0.4, -0.2) is 11.1 Å². The van der Waals surface area contributed by atoms with E-state index in [1.165, 1.54) is 57.8 Å². The Labute approximate surface area is 146 Å². The van der Waals surface area contributed by atoms with Gasteiger partial charge in [-0.2, -0.15) is 0 Å². The molecule has 0 heterocycles. The average molecular weight is 328 g/mol. The SMILES string of the molecule is C[C@]12CC[C@H]3[C@@H](CCC4CCCC[C@@]43C)[C@@H]1CC[C@H]2C#CC(=O)O. The Hall–Kier alpha value is -0.970. The van der Waals surface area contributed by atoms with Crippen molar-refractivity contribution in [3.8, 4) is 11.8 Å². The van der Waals surface area contributed by atoms with Crippen LogP contribution in [0.3, 0.4) is 0 Å². The van der Waals surface area contributed by atoms with Crippen molar-refractivity contribution in [3.05, 3.63) is 0 Å². The molecule has 1 N–H and O–H groups in total. The third-order valence-corrected chi connectivity index (χ3v) is 8.94. The van der Waals surface area contributed by atoms with Crippen molar-refractivity contribution in [2.24, 2.45) is 40.4 Å². The molecule has 4 aliphatic rings. The van der Waals surface area contributed by atoms with Crippen LogP contribution in [0.2, 0.25) is 0 Å². The lowest BCUT2D eigenvalue weighted by molar-refractivity contribution is -0.130. The van der Waals surface area contributed by atoms with E-state index in [2.05, 4.69) is 25.7 Å². The Morgan fingerprint density at radius 2 is 1.71 bits per heavy atom. The Balaban J connectivity index is 1.59. The topological polar surface area (TPSA) is 37.3 Å². The monoisotopic (exact) mass is 328 g/mol. The summed E-state index contributed by atoms with van der Waals surface area (Å²) in [6.07, 6.45) is 13.7. The molecule has 0 aliphatic heterocycles.